The second kappa shape index (κ2) is 5.02. The second-order valence-corrected chi connectivity index (χ2v) is 5.49. The summed E-state index contributed by atoms with van der Waals surface area (Å²) >= 11 is 0. The molecule has 2 N–H and O–H groups in total. The Hall–Kier alpha value is -1.49. The standard InChI is InChI=1S/C13H20N2O3/c1-13(2,3)18-12(16)15-9-6-7-14-11(9)10-5-4-8-17-10/h4-5,8-9,11,14H,6-7H2,1-3H3,(H,15,16)/t9-,11-/m1/s1. The van der Waals surface area contributed by atoms with Gasteiger partial charge in [-0.05, 0) is 45.9 Å². The SMILES string of the molecule is CC(C)(C)OC(=O)N[C@@H]1CCN[C@H]1c1ccco1. The molecule has 1 aliphatic rings. The Bertz CT molecular complexity index is 395. The van der Waals surface area contributed by atoms with E-state index in [0.717, 1.165) is 18.7 Å². The summed E-state index contributed by atoms with van der Waals surface area (Å²) in [5.41, 5.74) is -0.476. The number of carbonyl (C=O) groups excluding carboxylic acids is 1. The summed E-state index contributed by atoms with van der Waals surface area (Å²) < 4.78 is 10.6. The van der Waals surface area contributed by atoms with E-state index in [0.29, 0.717) is 0 Å². The van der Waals surface area contributed by atoms with Crippen molar-refractivity contribution in [2.24, 2.45) is 0 Å². The van der Waals surface area contributed by atoms with Gasteiger partial charge in [0.2, 0.25) is 0 Å². The lowest BCUT2D eigenvalue weighted by atomic mass is 10.1. The number of hydrogen-bond donors (Lipinski definition) is 2. The lowest BCUT2D eigenvalue weighted by Crippen LogP contribution is -2.41. The highest BCUT2D eigenvalue weighted by molar-refractivity contribution is 5.68. The number of furan rings is 1. The number of hydrogen-bond acceptors (Lipinski definition) is 4. The maximum atomic E-state index is 11.7. The van der Waals surface area contributed by atoms with Gasteiger partial charge in [0.15, 0.2) is 0 Å². The molecule has 100 valence electrons. The van der Waals surface area contributed by atoms with E-state index < -0.39 is 5.60 Å². The molecule has 0 radical (unpaired) electrons. The Kier molecular flexibility index (Phi) is 3.61. The van der Waals surface area contributed by atoms with Crippen LogP contribution in [0.3, 0.4) is 0 Å². The van der Waals surface area contributed by atoms with E-state index in [9.17, 15) is 4.79 Å². The van der Waals surface area contributed by atoms with Crippen molar-refractivity contribution in [1.29, 1.82) is 0 Å². The molecule has 0 spiro atoms. The maximum absolute atomic E-state index is 11.7. The minimum absolute atomic E-state index is 0.00556. The fourth-order valence-electron chi connectivity index (χ4n) is 2.08. The zero-order valence-electron chi connectivity index (χ0n) is 11.0. The van der Waals surface area contributed by atoms with Crippen molar-refractivity contribution in [3.63, 3.8) is 0 Å². The van der Waals surface area contributed by atoms with Crippen LogP contribution >= 0.6 is 0 Å². The second-order valence-electron chi connectivity index (χ2n) is 5.49. The summed E-state index contributed by atoms with van der Waals surface area (Å²) in [6.07, 6.45) is 2.12. The van der Waals surface area contributed by atoms with Crippen molar-refractivity contribution in [1.82, 2.24) is 10.6 Å². The lowest BCUT2D eigenvalue weighted by Gasteiger charge is -2.23. The summed E-state index contributed by atoms with van der Waals surface area (Å²) in [5.74, 6) is 0.841. The predicted molar refractivity (Wildman–Crippen MR) is 67.2 cm³/mol. The zero-order valence-corrected chi connectivity index (χ0v) is 11.0. The van der Waals surface area contributed by atoms with Crippen molar-refractivity contribution in [3.8, 4) is 0 Å². The van der Waals surface area contributed by atoms with Gasteiger partial charge in [-0.15, -0.1) is 0 Å². The Labute approximate surface area is 107 Å². The van der Waals surface area contributed by atoms with Gasteiger partial charge in [-0.2, -0.15) is 0 Å². The average molecular weight is 252 g/mol. The Morgan fingerprint density at radius 3 is 2.94 bits per heavy atom. The summed E-state index contributed by atoms with van der Waals surface area (Å²) in [4.78, 5) is 11.7. The first-order chi connectivity index (χ1) is 8.46. The van der Waals surface area contributed by atoms with Crippen LogP contribution in [0.4, 0.5) is 4.79 Å². The Morgan fingerprint density at radius 2 is 2.33 bits per heavy atom. The highest BCUT2D eigenvalue weighted by atomic mass is 16.6. The number of rotatable bonds is 2. The van der Waals surface area contributed by atoms with Crippen LogP contribution < -0.4 is 10.6 Å². The molecule has 1 saturated heterocycles. The van der Waals surface area contributed by atoms with Gasteiger partial charge in [-0.3, -0.25) is 0 Å². The van der Waals surface area contributed by atoms with Crippen LogP contribution in [0.15, 0.2) is 22.8 Å². The van der Waals surface area contributed by atoms with E-state index in [2.05, 4.69) is 10.6 Å². The fraction of sp³-hybridized carbons (Fsp3) is 0.615. The van der Waals surface area contributed by atoms with Gasteiger partial charge in [0.25, 0.3) is 0 Å². The first kappa shape index (κ1) is 13.0. The van der Waals surface area contributed by atoms with Gasteiger partial charge in [-0.25, -0.2) is 4.79 Å². The number of nitrogens with one attached hydrogen (secondary N) is 2. The predicted octanol–water partition coefficient (Wildman–Crippen LogP) is 2.21. The summed E-state index contributed by atoms with van der Waals surface area (Å²) in [6.45, 7) is 6.41. The number of alkyl carbamates (subject to hydrolysis) is 1. The molecular weight excluding hydrogens is 232 g/mol. The highest BCUT2D eigenvalue weighted by Crippen LogP contribution is 2.24. The molecule has 0 aliphatic carbocycles. The van der Waals surface area contributed by atoms with Crippen molar-refractivity contribution in [2.75, 3.05) is 6.54 Å². The smallest absolute Gasteiger partial charge is 0.407 e. The molecule has 2 rings (SSSR count). The van der Waals surface area contributed by atoms with Crippen LogP contribution in [0.1, 0.15) is 39.0 Å². The Morgan fingerprint density at radius 1 is 1.56 bits per heavy atom. The van der Waals surface area contributed by atoms with E-state index >= 15 is 0 Å². The minimum Gasteiger partial charge on any atom is -0.468 e. The van der Waals surface area contributed by atoms with Gasteiger partial charge in [0, 0.05) is 0 Å². The molecule has 0 aromatic carbocycles. The largest absolute Gasteiger partial charge is 0.468 e. The topological polar surface area (TPSA) is 63.5 Å². The molecule has 5 heteroatoms. The monoisotopic (exact) mass is 252 g/mol. The van der Waals surface area contributed by atoms with E-state index in [1.54, 1.807) is 6.26 Å². The lowest BCUT2D eigenvalue weighted by molar-refractivity contribution is 0.0498. The summed E-state index contributed by atoms with van der Waals surface area (Å²) in [7, 11) is 0. The van der Waals surface area contributed by atoms with Crippen LogP contribution in [0.2, 0.25) is 0 Å². The van der Waals surface area contributed by atoms with Gasteiger partial charge < -0.3 is 19.8 Å². The molecule has 1 amide bonds. The molecule has 1 aromatic rings. The van der Waals surface area contributed by atoms with Gasteiger partial charge in [-0.1, -0.05) is 0 Å². The molecule has 1 aromatic heterocycles. The fourth-order valence-corrected chi connectivity index (χ4v) is 2.08. The molecule has 2 heterocycles. The summed E-state index contributed by atoms with van der Waals surface area (Å²) in [5, 5.41) is 6.20. The third kappa shape index (κ3) is 3.26. The molecule has 2 atom stereocenters. The number of carbonyl (C=O) groups is 1. The maximum Gasteiger partial charge on any atom is 0.407 e. The molecule has 18 heavy (non-hydrogen) atoms. The quantitative estimate of drug-likeness (QED) is 0.847. The van der Waals surface area contributed by atoms with E-state index in [1.165, 1.54) is 0 Å². The normalized spacial score (nSPS) is 23.9. The van der Waals surface area contributed by atoms with Crippen molar-refractivity contribution in [2.45, 2.75) is 44.9 Å². The van der Waals surface area contributed by atoms with E-state index in [1.807, 2.05) is 32.9 Å². The molecule has 1 fully saturated rings. The van der Waals surface area contributed by atoms with Crippen molar-refractivity contribution < 1.29 is 13.9 Å². The average Bonchev–Trinajstić information content (AvgIpc) is 2.82. The van der Waals surface area contributed by atoms with Crippen molar-refractivity contribution >= 4 is 6.09 Å². The van der Waals surface area contributed by atoms with E-state index in [4.69, 9.17) is 9.15 Å². The summed E-state index contributed by atoms with van der Waals surface area (Å²) in [6, 6.07) is 3.78. The highest BCUT2D eigenvalue weighted by Gasteiger charge is 2.32. The van der Waals surface area contributed by atoms with Gasteiger partial charge >= 0.3 is 6.09 Å². The van der Waals surface area contributed by atoms with E-state index in [-0.39, 0.29) is 18.2 Å². The number of ether oxygens (including phenoxy) is 1. The third-order valence-corrected chi connectivity index (χ3v) is 2.77. The van der Waals surface area contributed by atoms with Gasteiger partial charge in [0.05, 0.1) is 18.3 Å². The Balaban J connectivity index is 1.94. The molecular formula is C13H20N2O3. The van der Waals surface area contributed by atoms with Crippen molar-refractivity contribution in [3.05, 3.63) is 24.2 Å². The molecule has 0 saturated carbocycles. The first-order valence-corrected chi connectivity index (χ1v) is 6.22. The van der Waals surface area contributed by atoms with Crippen LogP contribution in [0.5, 0.6) is 0 Å². The van der Waals surface area contributed by atoms with Crippen LogP contribution in [-0.2, 0) is 4.74 Å². The minimum atomic E-state index is -0.476. The molecule has 0 bridgehead atoms. The third-order valence-electron chi connectivity index (χ3n) is 2.77. The van der Waals surface area contributed by atoms with Gasteiger partial charge in [0.1, 0.15) is 11.4 Å². The number of amides is 1. The molecule has 1 aliphatic heterocycles. The van der Waals surface area contributed by atoms with Crippen LogP contribution in [0, 0.1) is 0 Å². The first-order valence-electron chi connectivity index (χ1n) is 6.22. The van der Waals surface area contributed by atoms with Crippen LogP contribution in [0.25, 0.3) is 0 Å². The molecule has 5 nitrogen and oxygen atoms in total. The van der Waals surface area contributed by atoms with Crippen LogP contribution in [-0.4, -0.2) is 24.3 Å². The molecule has 0 unspecified atom stereocenters. The zero-order chi connectivity index (χ0) is 13.2.